The number of rotatable bonds is 6. The van der Waals surface area contributed by atoms with Gasteiger partial charge in [-0.2, -0.15) is 13.2 Å². The first-order valence-electron chi connectivity index (χ1n) is 14.4. The van der Waals surface area contributed by atoms with Crippen LogP contribution in [0.15, 0.2) is 23.0 Å². The minimum Gasteiger partial charge on any atom is -0.733 e. The first kappa shape index (κ1) is 30.4. The fourth-order valence-corrected chi connectivity index (χ4v) is 6.94. The molecule has 0 bridgehead atoms. The highest BCUT2D eigenvalue weighted by Crippen LogP contribution is 2.53. The predicted octanol–water partition coefficient (Wildman–Crippen LogP) is 6.16. The summed E-state index contributed by atoms with van der Waals surface area (Å²) < 4.78 is 47.0. The van der Waals surface area contributed by atoms with E-state index in [2.05, 4.69) is 29.0 Å². The highest BCUT2D eigenvalue weighted by molar-refractivity contribution is 7.17. The number of alkyl halides is 3. The molecule has 0 atom stereocenters. The number of carbonyl (C=O) groups is 1. The summed E-state index contributed by atoms with van der Waals surface area (Å²) in [6, 6.07) is 3.96. The summed E-state index contributed by atoms with van der Waals surface area (Å²) in [4.78, 5) is 27.1. The molecule has 0 unspecified atom stereocenters. The van der Waals surface area contributed by atoms with E-state index in [-0.39, 0.29) is 69.0 Å². The first-order chi connectivity index (χ1) is 20.0. The molecule has 9 nitrogen and oxygen atoms in total. The van der Waals surface area contributed by atoms with E-state index in [4.69, 9.17) is 4.74 Å². The lowest BCUT2D eigenvalue weighted by Crippen LogP contribution is -2.47. The normalized spacial score (nSPS) is 25.5. The Bertz CT molecular complexity index is 1360. The van der Waals surface area contributed by atoms with Crippen molar-refractivity contribution in [2.24, 2.45) is 17.3 Å². The van der Waals surface area contributed by atoms with E-state index in [0.29, 0.717) is 50.9 Å². The lowest BCUT2D eigenvalue weighted by atomic mass is 9.69. The Labute approximate surface area is 245 Å². The second-order valence-electron chi connectivity index (χ2n) is 11.7. The molecule has 0 radical (unpaired) electrons. The van der Waals surface area contributed by atoms with Crippen LogP contribution in [0.5, 0.6) is 5.88 Å². The number of aromatic nitrogens is 2. The van der Waals surface area contributed by atoms with Gasteiger partial charge in [0.25, 0.3) is 5.56 Å². The molecule has 0 aromatic carbocycles. The number of aromatic amines is 1. The summed E-state index contributed by atoms with van der Waals surface area (Å²) in [5, 5.41) is 28.0. The van der Waals surface area contributed by atoms with E-state index in [0.717, 1.165) is 24.2 Å². The van der Waals surface area contributed by atoms with Crippen LogP contribution in [0, 0.1) is 34.3 Å². The number of thiophene rings is 1. The number of anilines is 2. The van der Waals surface area contributed by atoms with Gasteiger partial charge in [0.05, 0.1) is 10.6 Å². The van der Waals surface area contributed by atoms with Crippen molar-refractivity contribution in [1.82, 2.24) is 10.2 Å². The van der Waals surface area contributed by atoms with Crippen LogP contribution in [0.3, 0.4) is 0 Å². The van der Waals surface area contributed by atoms with E-state index < -0.39 is 11.6 Å². The average molecular weight is 608 g/mol. The van der Waals surface area contributed by atoms with Crippen LogP contribution >= 0.6 is 11.3 Å². The summed E-state index contributed by atoms with van der Waals surface area (Å²) in [5.74, 6) is 5.40. The monoisotopic (exact) mass is 607 g/mol. The molecule has 5 rings (SSSR count). The zero-order valence-electron chi connectivity index (χ0n) is 23.3. The number of ether oxygens (including phenoxy) is 1. The third kappa shape index (κ3) is 6.45. The molecule has 0 aliphatic heterocycles. The van der Waals surface area contributed by atoms with Crippen LogP contribution in [-0.4, -0.2) is 39.6 Å². The number of H-pyrrole nitrogens is 1. The van der Waals surface area contributed by atoms with Gasteiger partial charge in [-0.1, -0.05) is 18.8 Å². The third-order valence-corrected chi connectivity index (χ3v) is 9.85. The molecule has 228 valence electrons. The largest absolute Gasteiger partial charge is 0.733 e. The molecular weight excluding hydrogens is 573 g/mol. The van der Waals surface area contributed by atoms with Gasteiger partial charge in [-0.3, -0.25) is 14.8 Å². The van der Waals surface area contributed by atoms with Gasteiger partial charge in [-0.25, -0.2) is 5.10 Å². The van der Waals surface area contributed by atoms with Gasteiger partial charge in [0.15, 0.2) is 0 Å². The molecule has 3 aliphatic carbocycles. The lowest BCUT2D eigenvalue weighted by molar-refractivity contribution is -0.225. The average Bonchev–Trinajstić information content (AvgIpc) is 3.34. The Hall–Kier alpha value is -3.08. The number of hydrogen-bond acceptors (Lipinski definition) is 8. The molecule has 1 amide bonds. The molecule has 3 aliphatic rings. The zero-order chi connectivity index (χ0) is 30.1. The summed E-state index contributed by atoms with van der Waals surface area (Å²) >= 11 is 0.780. The number of carbonyl (C=O) groups excluding carboxylic acids is 1. The van der Waals surface area contributed by atoms with E-state index >= 15 is 0 Å². The second kappa shape index (κ2) is 12.3. The Morgan fingerprint density at radius 2 is 1.86 bits per heavy atom. The molecular formula is C29H34F3N4O5S-. The molecule has 2 aromatic heterocycles. The van der Waals surface area contributed by atoms with Crippen molar-refractivity contribution in [3.63, 3.8) is 0 Å². The van der Waals surface area contributed by atoms with Crippen LogP contribution in [0.4, 0.5) is 23.9 Å². The maximum Gasteiger partial charge on any atom is 0.405 e. The molecule has 3 fully saturated rings. The Morgan fingerprint density at radius 3 is 2.40 bits per heavy atom. The van der Waals surface area contributed by atoms with Crippen molar-refractivity contribution in [2.75, 3.05) is 10.1 Å². The predicted molar refractivity (Wildman–Crippen MR) is 151 cm³/mol. The quantitative estimate of drug-likeness (QED) is 0.298. The minimum absolute atomic E-state index is 0.0765. The van der Waals surface area contributed by atoms with Crippen molar-refractivity contribution in [3.8, 4) is 17.7 Å². The van der Waals surface area contributed by atoms with E-state index in [1.54, 1.807) is 4.90 Å². The van der Waals surface area contributed by atoms with Crippen molar-refractivity contribution < 1.29 is 27.9 Å². The van der Waals surface area contributed by atoms with Crippen molar-refractivity contribution >= 4 is 27.9 Å². The third-order valence-electron chi connectivity index (χ3n) is 8.85. The molecule has 2 N–H and O–H groups in total. The van der Waals surface area contributed by atoms with Gasteiger partial charge in [0.2, 0.25) is 11.8 Å². The van der Waals surface area contributed by atoms with Crippen LogP contribution in [0.2, 0.25) is 0 Å². The topological polar surface area (TPSA) is 122 Å². The number of halogens is 3. The number of hydrogen-bond donors (Lipinski definition) is 2. The molecule has 0 spiro atoms. The van der Waals surface area contributed by atoms with Crippen molar-refractivity contribution in [2.45, 2.75) is 95.9 Å². The molecule has 0 saturated heterocycles. The first-order valence-corrected chi connectivity index (χ1v) is 15.2. The van der Waals surface area contributed by atoms with Crippen LogP contribution in [0.1, 0.15) is 82.4 Å². The SMILES string of the molecule is CC1CCC(C(=O)N(c2cc(C#CC3(C(F)(F)F)CCC3)sc2N([O-])O)C2CCC(Oc3ccc(=O)[nH]n3)CC2)CC1. The maximum atomic E-state index is 14.1. The van der Waals surface area contributed by atoms with Gasteiger partial charge in [-0.05, 0) is 82.6 Å². The number of nitrogens with zero attached hydrogens (tertiary/aromatic N) is 3. The number of amides is 1. The van der Waals surface area contributed by atoms with E-state index in [1.807, 2.05) is 0 Å². The molecule has 2 aromatic rings. The van der Waals surface area contributed by atoms with Crippen LogP contribution < -0.4 is 20.4 Å². The highest BCUT2D eigenvalue weighted by Gasteiger charge is 2.57. The van der Waals surface area contributed by atoms with Gasteiger partial charge in [0, 0.05) is 24.1 Å². The van der Waals surface area contributed by atoms with Crippen molar-refractivity contribution in [3.05, 3.63) is 38.6 Å². The molecule has 42 heavy (non-hydrogen) atoms. The Morgan fingerprint density at radius 1 is 1.17 bits per heavy atom. The summed E-state index contributed by atoms with van der Waals surface area (Å²) in [6.45, 7) is 2.15. The molecule has 3 saturated carbocycles. The van der Waals surface area contributed by atoms with Gasteiger partial charge < -0.3 is 20.1 Å². The second-order valence-corrected chi connectivity index (χ2v) is 12.8. The highest BCUT2D eigenvalue weighted by atomic mass is 32.1. The van der Waals surface area contributed by atoms with Gasteiger partial charge in [-0.15, -0.1) is 16.4 Å². The zero-order valence-corrected chi connectivity index (χ0v) is 24.1. The fourth-order valence-electron chi connectivity index (χ4n) is 6.12. The summed E-state index contributed by atoms with van der Waals surface area (Å²) in [7, 11) is 0. The Kier molecular flexibility index (Phi) is 8.87. The molecule has 2 heterocycles. The van der Waals surface area contributed by atoms with Crippen molar-refractivity contribution in [1.29, 1.82) is 0 Å². The van der Waals surface area contributed by atoms with Crippen LogP contribution in [-0.2, 0) is 4.79 Å². The number of nitrogens with one attached hydrogen (secondary N) is 1. The lowest BCUT2D eigenvalue weighted by Gasteiger charge is -2.40. The fraction of sp³-hybridized carbons (Fsp3) is 0.621. The smallest absolute Gasteiger partial charge is 0.405 e. The summed E-state index contributed by atoms with van der Waals surface area (Å²) in [5.41, 5.74) is -2.24. The maximum absolute atomic E-state index is 14.1. The van der Waals surface area contributed by atoms with Gasteiger partial charge >= 0.3 is 6.18 Å². The standard InChI is InChI=1S/C29H34F3N4O5S/c1-18-3-5-19(6-4-18)26(38)35(20-7-9-21(10-8-20)41-25-12-11-24(37)33-34-25)23-17-22(42-27(23)36(39)40)13-16-28(14-2-15-28)29(30,31)32/h11-12,17-21,39H,2-10,14-15H2,1H3,(H,33,37)/q-1. The molecule has 13 heteroatoms. The van der Waals surface area contributed by atoms with Crippen LogP contribution in [0.25, 0.3) is 0 Å². The van der Waals surface area contributed by atoms with Gasteiger partial charge in [0.1, 0.15) is 16.5 Å². The van der Waals surface area contributed by atoms with E-state index in [1.165, 1.54) is 18.2 Å². The minimum atomic E-state index is -4.46. The Balaban J connectivity index is 1.42. The summed E-state index contributed by atoms with van der Waals surface area (Å²) in [6.07, 6.45) is 1.01. The van der Waals surface area contributed by atoms with E-state index in [9.17, 15) is 33.2 Å².